The predicted octanol–water partition coefficient (Wildman–Crippen LogP) is 3.47. The van der Waals surface area contributed by atoms with Crippen molar-refractivity contribution in [2.45, 2.75) is 37.7 Å². The fraction of sp³-hybridized carbons (Fsp3) is 0.375. The number of aromatic nitrogens is 3. The molecule has 6 heteroatoms. The van der Waals surface area contributed by atoms with Gasteiger partial charge in [-0.2, -0.15) is 0 Å². The first-order chi connectivity index (χ1) is 14.7. The molecule has 3 aromatic rings. The van der Waals surface area contributed by atoms with E-state index in [0.29, 0.717) is 12.4 Å². The molecule has 0 bridgehead atoms. The van der Waals surface area contributed by atoms with Gasteiger partial charge in [0, 0.05) is 31.9 Å². The first kappa shape index (κ1) is 19.0. The summed E-state index contributed by atoms with van der Waals surface area (Å²) in [6.07, 6.45) is 6.33. The number of benzene rings is 1. The van der Waals surface area contributed by atoms with E-state index in [1.54, 1.807) is 6.20 Å². The van der Waals surface area contributed by atoms with Gasteiger partial charge in [0.2, 0.25) is 0 Å². The number of nitrogens with one attached hydrogen (secondary N) is 1. The number of rotatable bonds is 6. The Balaban J connectivity index is 1.40. The highest BCUT2D eigenvalue weighted by Gasteiger charge is 2.39. The average Bonchev–Trinajstić information content (AvgIpc) is 3.55. The molecule has 1 aromatic carbocycles. The molecule has 0 spiro atoms. The molecule has 5 rings (SSSR count). The highest BCUT2D eigenvalue weighted by atomic mass is 16.3. The maximum Gasteiger partial charge on any atom is 0.182 e. The van der Waals surface area contributed by atoms with Gasteiger partial charge in [-0.15, -0.1) is 0 Å². The van der Waals surface area contributed by atoms with E-state index in [0.717, 1.165) is 62.5 Å². The number of nitrogens with zero attached hydrogens (tertiary/aromatic N) is 4. The Labute approximate surface area is 177 Å². The van der Waals surface area contributed by atoms with Crippen molar-refractivity contribution in [1.82, 2.24) is 15.0 Å². The molecular weight excluding hydrogens is 374 g/mol. The van der Waals surface area contributed by atoms with Gasteiger partial charge in [0.25, 0.3) is 0 Å². The zero-order chi connectivity index (χ0) is 20.4. The summed E-state index contributed by atoms with van der Waals surface area (Å²) in [4.78, 5) is 16.4. The van der Waals surface area contributed by atoms with Gasteiger partial charge >= 0.3 is 0 Å². The lowest BCUT2D eigenvalue weighted by molar-refractivity contribution is 0.144. The van der Waals surface area contributed by atoms with Crippen molar-refractivity contribution in [3.8, 4) is 11.5 Å². The quantitative estimate of drug-likeness (QED) is 0.659. The van der Waals surface area contributed by atoms with Gasteiger partial charge in [-0.25, -0.2) is 9.97 Å². The third-order valence-corrected chi connectivity index (χ3v) is 6.07. The van der Waals surface area contributed by atoms with Gasteiger partial charge in [-0.3, -0.25) is 4.98 Å². The molecule has 1 fully saturated rings. The summed E-state index contributed by atoms with van der Waals surface area (Å²) in [6, 6.07) is 16.5. The fourth-order valence-electron chi connectivity index (χ4n) is 4.01. The van der Waals surface area contributed by atoms with Crippen molar-refractivity contribution in [2.75, 3.05) is 29.9 Å². The number of fused-ring (bicyclic) bond motifs is 1. The molecule has 6 nitrogen and oxygen atoms in total. The van der Waals surface area contributed by atoms with Crippen LogP contribution in [0.2, 0.25) is 0 Å². The van der Waals surface area contributed by atoms with Crippen LogP contribution < -0.4 is 10.2 Å². The van der Waals surface area contributed by atoms with Gasteiger partial charge in [0.15, 0.2) is 5.82 Å². The van der Waals surface area contributed by atoms with Crippen LogP contribution in [0.1, 0.15) is 30.4 Å². The molecule has 1 aliphatic heterocycles. The molecule has 0 atom stereocenters. The van der Waals surface area contributed by atoms with Crippen LogP contribution >= 0.6 is 0 Å². The van der Waals surface area contributed by atoms with Gasteiger partial charge in [-0.05, 0) is 55.4 Å². The van der Waals surface area contributed by atoms with E-state index in [-0.39, 0.29) is 0 Å². The van der Waals surface area contributed by atoms with Gasteiger partial charge in [-0.1, -0.05) is 30.3 Å². The molecule has 2 N–H and O–H groups in total. The van der Waals surface area contributed by atoms with Crippen LogP contribution in [0.4, 0.5) is 11.6 Å². The first-order valence-electron chi connectivity index (χ1n) is 10.8. The minimum absolute atomic E-state index is 0.469. The maximum atomic E-state index is 10.1. The zero-order valence-electron chi connectivity index (χ0n) is 17.1. The number of hydrogen-bond donors (Lipinski definition) is 2. The number of pyridine rings is 1. The molecule has 1 aliphatic carbocycles. The molecule has 0 radical (unpaired) electrons. The minimum Gasteiger partial charge on any atom is -0.390 e. The summed E-state index contributed by atoms with van der Waals surface area (Å²) in [7, 11) is 0. The first-order valence-corrected chi connectivity index (χ1v) is 10.8. The number of aliphatic hydroxyl groups is 1. The highest BCUT2D eigenvalue weighted by Crippen LogP contribution is 2.38. The second kappa shape index (κ2) is 8.03. The summed E-state index contributed by atoms with van der Waals surface area (Å²) in [5.41, 5.74) is 3.15. The van der Waals surface area contributed by atoms with E-state index in [2.05, 4.69) is 39.5 Å². The zero-order valence-corrected chi connectivity index (χ0v) is 17.1. The Morgan fingerprint density at radius 1 is 0.967 bits per heavy atom. The minimum atomic E-state index is -0.469. The van der Waals surface area contributed by atoms with Crippen LogP contribution in [0.3, 0.4) is 0 Å². The predicted molar refractivity (Wildman–Crippen MR) is 119 cm³/mol. The Kier molecular flexibility index (Phi) is 5.09. The SMILES string of the molecule is OC1(CCNc2cc(N3CCc4ccccc4CC3)nc(-c3ccccn3)n2)CC1. The highest BCUT2D eigenvalue weighted by molar-refractivity contribution is 5.59. The summed E-state index contributed by atoms with van der Waals surface area (Å²) < 4.78 is 0. The Hall–Kier alpha value is -2.99. The third kappa shape index (κ3) is 4.28. The van der Waals surface area contributed by atoms with E-state index < -0.39 is 5.60 Å². The van der Waals surface area contributed by atoms with Crippen LogP contribution in [-0.4, -0.2) is 45.3 Å². The topological polar surface area (TPSA) is 74.2 Å². The van der Waals surface area contributed by atoms with E-state index in [4.69, 9.17) is 9.97 Å². The van der Waals surface area contributed by atoms with E-state index >= 15 is 0 Å². The molecule has 2 aromatic heterocycles. The molecule has 154 valence electrons. The second-order valence-electron chi connectivity index (χ2n) is 8.31. The largest absolute Gasteiger partial charge is 0.390 e. The number of anilines is 2. The van der Waals surface area contributed by atoms with Crippen LogP contribution in [0.5, 0.6) is 0 Å². The average molecular weight is 402 g/mol. The van der Waals surface area contributed by atoms with Crippen LogP contribution in [0.15, 0.2) is 54.7 Å². The van der Waals surface area contributed by atoms with Crippen molar-refractivity contribution >= 4 is 11.6 Å². The van der Waals surface area contributed by atoms with E-state index in [9.17, 15) is 5.11 Å². The third-order valence-electron chi connectivity index (χ3n) is 6.07. The van der Waals surface area contributed by atoms with Crippen LogP contribution in [-0.2, 0) is 12.8 Å². The maximum absolute atomic E-state index is 10.1. The molecule has 1 saturated carbocycles. The monoisotopic (exact) mass is 401 g/mol. The Bertz CT molecular complexity index is 992. The second-order valence-corrected chi connectivity index (χ2v) is 8.31. The number of hydrogen-bond acceptors (Lipinski definition) is 6. The summed E-state index contributed by atoms with van der Waals surface area (Å²) in [5, 5.41) is 13.5. The fourth-order valence-corrected chi connectivity index (χ4v) is 4.01. The van der Waals surface area contributed by atoms with Crippen LogP contribution in [0.25, 0.3) is 11.5 Å². The van der Waals surface area contributed by atoms with E-state index in [1.165, 1.54) is 11.1 Å². The lowest BCUT2D eigenvalue weighted by Gasteiger charge is -2.22. The lowest BCUT2D eigenvalue weighted by atomic mass is 10.0. The smallest absolute Gasteiger partial charge is 0.182 e. The standard InChI is InChI=1S/C24H27N5O/c30-24(10-11-24)12-14-26-21-17-22(28-23(27-21)20-7-3-4-13-25-20)29-15-8-18-5-1-2-6-19(18)9-16-29/h1-7,13,17,30H,8-12,14-16H2,(H,26,27,28). The van der Waals surface area contributed by atoms with Crippen molar-refractivity contribution in [3.63, 3.8) is 0 Å². The summed E-state index contributed by atoms with van der Waals surface area (Å²) >= 11 is 0. The van der Waals surface area contributed by atoms with Crippen molar-refractivity contribution in [2.24, 2.45) is 0 Å². The van der Waals surface area contributed by atoms with Gasteiger partial charge in [0.05, 0.1) is 5.60 Å². The van der Waals surface area contributed by atoms with Crippen LogP contribution in [0, 0.1) is 0 Å². The molecule has 2 aliphatic rings. The Morgan fingerprint density at radius 3 is 2.37 bits per heavy atom. The van der Waals surface area contributed by atoms with Gasteiger partial charge < -0.3 is 15.3 Å². The summed E-state index contributed by atoms with van der Waals surface area (Å²) in [6.45, 7) is 2.55. The van der Waals surface area contributed by atoms with Crippen molar-refractivity contribution in [1.29, 1.82) is 0 Å². The van der Waals surface area contributed by atoms with E-state index in [1.807, 2.05) is 24.3 Å². The molecule has 30 heavy (non-hydrogen) atoms. The van der Waals surface area contributed by atoms with Crippen molar-refractivity contribution in [3.05, 3.63) is 65.9 Å². The molecular formula is C24H27N5O. The molecule has 0 amide bonds. The normalized spacial score (nSPS) is 17.2. The van der Waals surface area contributed by atoms with Gasteiger partial charge in [0.1, 0.15) is 17.3 Å². The van der Waals surface area contributed by atoms with Crippen molar-refractivity contribution < 1.29 is 5.11 Å². The summed E-state index contributed by atoms with van der Waals surface area (Å²) in [5.74, 6) is 2.33. The molecule has 0 saturated heterocycles. The molecule has 3 heterocycles. The molecule has 0 unspecified atom stereocenters. The lowest BCUT2D eigenvalue weighted by Crippen LogP contribution is -2.27. The Morgan fingerprint density at radius 2 is 1.70 bits per heavy atom.